The number of likely N-dealkylation sites (N-methyl/N-ethyl adjacent to an activating group) is 1. The number of hydrogen-bond donors (Lipinski definition) is 1. The number of halogens is 2. The molecule has 0 radical (unpaired) electrons. The first-order chi connectivity index (χ1) is 18.3. The molecule has 38 heavy (non-hydrogen) atoms. The normalized spacial score (nSPS) is 15.6. The lowest BCUT2D eigenvalue weighted by Crippen LogP contribution is -2.23. The Balaban J connectivity index is 1.35. The van der Waals surface area contributed by atoms with Gasteiger partial charge >= 0.3 is 5.97 Å². The predicted octanol–water partition coefficient (Wildman–Crippen LogP) is 7.72. The van der Waals surface area contributed by atoms with Crippen molar-refractivity contribution in [2.75, 3.05) is 7.05 Å². The van der Waals surface area contributed by atoms with Gasteiger partial charge in [-0.1, -0.05) is 42.5 Å². The van der Waals surface area contributed by atoms with Crippen molar-refractivity contribution in [1.82, 2.24) is 4.90 Å². The van der Waals surface area contributed by atoms with Gasteiger partial charge in [0.25, 0.3) is 5.91 Å². The Morgan fingerprint density at radius 3 is 2.58 bits per heavy atom. The second kappa shape index (κ2) is 11.3. The molecule has 190 valence electrons. The van der Waals surface area contributed by atoms with Crippen molar-refractivity contribution in [3.05, 3.63) is 109 Å². The van der Waals surface area contributed by atoms with Crippen LogP contribution in [0.1, 0.15) is 21.5 Å². The molecule has 4 aromatic rings. The molecular formula is C29H20BrIN2O4S. The summed E-state index contributed by atoms with van der Waals surface area (Å²) in [6.07, 6.45) is 1.83. The van der Waals surface area contributed by atoms with Crippen molar-refractivity contribution in [3.8, 4) is 5.75 Å². The Morgan fingerprint density at radius 2 is 1.84 bits per heavy atom. The number of nitrogens with zero attached hydrogens (tertiary/aromatic N) is 2. The summed E-state index contributed by atoms with van der Waals surface area (Å²) >= 11 is 7.16. The van der Waals surface area contributed by atoms with E-state index in [1.54, 1.807) is 19.2 Å². The van der Waals surface area contributed by atoms with E-state index in [4.69, 9.17) is 9.84 Å². The van der Waals surface area contributed by atoms with Crippen molar-refractivity contribution in [2.45, 2.75) is 6.61 Å². The van der Waals surface area contributed by atoms with Gasteiger partial charge in [0.15, 0.2) is 5.17 Å². The fourth-order valence-corrected chi connectivity index (χ4v) is 6.72. The molecular weight excluding hydrogens is 679 g/mol. The summed E-state index contributed by atoms with van der Waals surface area (Å²) in [6, 6.07) is 24.6. The number of thioether (sulfide) groups is 1. The number of ether oxygens (including phenoxy) is 1. The van der Waals surface area contributed by atoms with Crippen LogP contribution in [0.25, 0.3) is 16.8 Å². The van der Waals surface area contributed by atoms with Crippen LogP contribution >= 0.6 is 50.3 Å². The molecule has 1 aliphatic rings. The number of carbonyl (C=O) groups excluding carboxylic acids is 1. The Bertz CT molecular complexity index is 1610. The van der Waals surface area contributed by atoms with Gasteiger partial charge in [0.1, 0.15) is 12.4 Å². The average molecular weight is 699 g/mol. The summed E-state index contributed by atoms with van der Waals surface area (Å²) in [5.74, 6) is -0.406. The number of carbonyl (C=O) groups is 2. The lowest BCUT2D eigenvalue weighted by atomic mass is 10.1. The number of aliphatic imine (C=N–C) groups is 1. The molecule has 4 aromatic carbocycles. The fraction of sp³-hybridized carbons (Fsp3) is 0.0690. The van der Waals surface area contributed by atoms with Crippen molar-refractivity contribution < 1.29 is 19.4 Å². The molecule has 0 aliphatic carbocycles. The number of hydrogen-bond acceptors (Lipinski definition) is 5. The third-order valence-corrected chi connectivity index (χ3v) is 8.36. The van der Waals surface area contributed by atoms with E-state index in [1.807, 2.05) is 36.4 Å². The van der Waals surface area contributed by atoms with Crippen LogP contribution in [-0.4, -0.2) is 34.1 Å². The highest BCUT2D eigenvalue weighted by Gasteiger charge is 2.30. The van der Waals surface area contributed by atoms with Gasteiger partial charge in [-0.3, -0.25) is 9.69 Å². The van der Waals surface area contributed by atoms with Gasteiger partial charge in [0.05, 0.1) is 24.2 Å². The number of fused-ring (bicyclic) bond motifs is 1. The lowest BCUT2D eigenvalue weighted by molar-refractivity contribution is -0.121. The van der Waals surface area contributed by atoms with E-state index in [0.29, 0.717) is 22.4 Å². The minimum atomic E-state index is -0.997. The molecule has 1 aliphatic heterocycles. The predicted molar refractivity (Wildman–Crippen MR) is 164 cm³/mol. The Hall–Kier alpha value is -3.15. The summed E-state index contributed by atoms with van der Waals surface area (Å²) < 4.78 is 7.94. The zero-order chi connectivity index (χ0) is 26.8. The zero-order valence-corrected chi connectivity index (χ0v) is 24.6. The fourth-order valence-electron chi connectivity index (χ4n) is 3.96. The van der Waals surface area contributed by atoms with Gasteiger partial charge < -0.3 is 9.84 Å². The summed E-state index contributed by atoms with van der Waals surface area (Å²) in [7, 11) is 1.67. The van der Waals surface area contributed by atoms with Crippen LogP contribution in [0.2, 0.25) is 0 Å². The minimum Gasteiger partial charge on any atom is -0.487 e. The monoisotopic (exact) mass is 698 g/mol. The molecule has 1 amide bonds. The molecule has 0 unspecified atom stereocenters. The molecule has 0 atom stereocenters. The van der Waals surface area contributed by atoms with Crippen LogP contribution in [0.3, 0.4) is 0 Å². The molecule has 6 nitrogen and oxygen atoms in total. The van der Waals surface area contributed by atoms with E-state index in [1.165, 1.54) is 39.6 Å². The number of benzene rings is 4. The third-order valence-electron chi connectivity index (χ3n) is 5.91. The standard InChI is InChI=1S/C29H20BrIN2O4S/c1-33-27(34)25(38-29(33)32-21-11-9-19(10-12-21)28(35)36)15-17-13-23(30)26(24(31)14-17)37-16-20-7-4-6-18-5-2-3-8-22(18)20/h2-15H,16H2,1H3,(H,35,36)/b25-15-,32-29?. The minimum absolute atomic E-state index is 0.154. The van der Waals surface area contributed by atoms with Crippen molar-refractivity contribution in [2.24, 2.45) is 4.99 Å². The zero-order valence-electron chi connectivity index (χ0n) is 20.0. The van der Waals surface area contributed by atoms with Crippen molar-refractivity contribution in [1.29, 1.82) is 0 Å². The molecule has 0 bridgehead atoms. The molecule has 0 spiro atoms. The molecule has 0 saturated carbocycles. The van der Waals surface area contributed by atoms with E-state index >= 15 is 0 Å². The quantitative estimate of drug-likeness (QED) is 0.165. The van der Waals surface area contributed by atoms with Crippen LogP contribution < -0.4 is 4.74 Å². The SMILES string of the molecule is CN1C(=O)/C(=C/c2cc(Br)c(OCc3cccc4ccccc34)c(I)c2)SC1=Nc1ccc(C(=O)O)cc1. The van der Waals surface area contributed by atoms with Gasteiger partial charge in [0.2, 0.25) is 0 Å². The second-order valence-corrected chi connectivity index (χ2v) is 11.5. The van der Waals surface area contributed by atoms with Gasteiger partial charge in [0, 0.05) is 7.05 Å². The third kappa shape index (κ3) is 5.64. The van der Waals surface area contributed by atoms with Crippen LogP contribution in [-0.2, 0) is 11.4 Å². The smallest absolute Gasteiger partial charge is 0.335 e. The number of carboxylic acid groups (broad SMARTS) is 1. The second-order valence-electron chi connectivity index (χ2n) is 8.46. The van der Waals surface area contributed by atoms with E-state index in [-0.39, 0.29) is 11.5 Å². The largest absolute Gasteiger partial charge is 0.487 e. The number of carboxylic acids is 1. The highest BCUT2D eigenvalue weighted by Crippen LogP contribution is 2.37. The van der Waals surface area contributed by atoms with E-state index in [9.17, 15) is 9.59 Å². The van der Waals surface area contributed by atoms with E-state index < -0.39 is 5.97 Å². The van der Waals surface area contributed by atoms with Gasteiger partial charge in [-0.05, 0) is 115 Å². The number of rotatable bonds is 6. The average Bonchev–Trinajstić information content (AvgIpc) is 3.16. The Kier molecular flexibility index (Phi) is 7.87. The highest BCUT2D eigenvalue weighted by atomic mass is 127. The molecule has 5 rings (SSSR count). The number of amides is 1. The van der Waals surface area contributed by atoms with Crippen molar-refractivity contribution >= 4 is 89.9 Å². The first-order valence-corrected chi connectivity index (χ1v) is 14.2. The molecule has 9 heteroatoms. The topological polar surface area (TPSA) is 79.2 Å². The molecule has 0 aromatic heterocycles. The maximum atomic E-state index is 12.9. The van der Waals surface area contributed by atoms with Gasteiger partial charge in [-0.2, -0.15) is 0 Å². The Labute approximate surface area is 245 Å². The van der Waals surface area contributed by atoms with Crippen LogP contribution in [0.5, 0.6) is 5.75 Å². The molecule has 1 saturated heterocycles. The Morgan fingerprint density at radius 1 is 1.11 bits per heavy atom. The summed E-state index contributed by atoms with van der Waals surface area (Å²) in [5, 5.41) is 11.9. The lowest BCUT2D eigenvalue weighted by Gasteiger charge is -2.13. The maximum absolute atomic E-state index is 12.9. The summed E-state index contributed by atoms with van der Waals surface area (Å²) in [4.78, 5) is 30.5. The maximum Gasteiger partial charge on any atom is 0.335 e. The van der Waals surface area contributed by atoms with E-state index in [2.05, 4.69) is 67.8 Å². The summed E-state index contributed by atoms with van der Waals surface area (Å²) in [6.45, 7) is 0.433. The summed E-state index contributed by atoms with van der Waals surface area (Å²) in [5.41, 5.74) is 2.72. The molecule has 1 N–H and O–H groups in total. The van der Waals surface area contributed by atoms with Gasteiger partial charge in [-0.25, -0.2) is 9.79 Å². The van der Waals surface area contributed by atoms with Crippen LogP contribution in [0.15, 0.2) is 93.2 Å². The first-order valence-electron chi connectivity index (χ1n) is 11.5. The van der Waals surface area contributed by atoms with Crippen LogP contribution in [0, 0.1) is 3.57 Å². The molecule has 1 fully saturated rings. The highest BCUT2D eigenvalue weighted by molar-refractivity contribution is 14.1. The molecule has 1 heterocycles. The number of aromatic carboxylic acids is 1. The van der Waals surface area contributed by atoms with E-state index in [0.717, 1.165) is 24.9 Å². The van der Waals surface area contributed by atoms with Crippen molar-refractivity contribution in [3.63, 3.8) is 0 Å². The first kappa shape index (κ1) is 26.5. The number of amidine groups is 1. The van der Waals surface area contributed by atoms with Crippen LogP contribution in [0.4, 0.5) is 5.69 Å². The van der Waals surface area contributed by atoms with Gasteiger partial charge in [-0.15, -0.1) is 0 Å².